The maximum atomic E-state index is 11.7. The van der Waals surface area contributed by atoms with Crippen LogP contribution in [0.25, 0.3) is 0 Å². The van der Waals surface area contributed by atoms with Gasteiger partial charge in [0.25, 0.3) is 0 Å². The molecule has 2 fully saturated rings. The first kappa shape index (κ1) is 12.4. The standard InChI is InChI=1S/C12H20N2O3/c15-11(14-8-3-9-17-14)6-7-13-12(16)10-4-1-2-5-10/h10H,1-9H2,(H,13,16). The molecule has 0 aromatic rings. The highest BCUT2D eigenvalue weighted by atomic mass is 16.7. The molecule has 96 valence electrons. The molecule has 1 N–H and O–H groups in total. The van der Waals surface area contributed by atoms with E-state index in [0.717, 1.165) is 32.1 Å². The van der Waals surface area contributed by atoms with Gasteiger partial charge in [0.05, 0.1) is 13.2 Å². The van der Waals surface area contributed by atoms with Gasteiger partial charge in [-0.1, -0.05) is 12.8 Å². The van der Waals surface area contributed by atoms with E-state index in [9.17, 15) is 9.59 Å². The Morgan fingerprint density at radius 3 is 2.65 bits per heavy atom. The molecule has 0 aromatic carbocycles. The quantitative estimate of drug-likeness (QED) is 0.792. The van der Waals surface area contributed by atoms with E-state index < -0.39 is 0 Å². The molecule has 0 radical (unpaired) electrons. The summed E-state index contributed by atoms with van der Waals surface area (Å²) in [7, 11) is 0. The van der Waals surface area contributed by atoms with Gasteiger partial charge in [-0.3, -0.25) is 14.4 Å². The predicted molar refractivity (Wildman–Crippen MR) is 61.9 cm³/mol. The maximum absolute atomic E-state index is 11.7. The number of amides is 2. The summed E-state index contributed by atoms with van der Waals surface area (Å²) in [6.45, 7) is 1.73. The van der Waals surface area contributed by atoms with Crippen LogP contribution in [0.2, 0.25) is 0 Å². The van der Waals surface area contributed by atoms with Crippen LogP contribution in [0, 0.1) is 5.92 Å². The largest absolute Gasteiger partial charge is 0.355 e. The van der Waals surface area contributed by atoms with Crippen LogP contribution in [0.3, 0.4) is 0 Å². The highest BCUT2D eigenvalue weighted by molar-refractivity contribution is 5.80. The Hall–Kier alpha value is -1.10. The fourth-order valence-electron chi connectivity index (χ4n) is 2.39. The third kappa shape index (κ3) is 3.43. The second-order valence-electron chi connectivity index (χ2n) is 4.71. The number of carbonyl (C=O) groups excluding carboxylic acids is 2. The molecular formula is C12H20N2O3. The van der Waals surface area contributed by atoms with Gasteiger partial charge in [-0.25, -0.2) is 5.06 Å². The number of nitrogens with one attached hydrogen (secondary N) is 1. The van der Waals surface area contributed by atoms with E-state index in [-0.39, 0.29) is 17.7 Å². The second-order valence-corrected chi connectivity index (χ2v) is 4.71. The molecule has 0 unspecified atom stereocenters. The minimum absolute atomic E-state index is 0.0331. The van der Waals surface area contributed by atoms with Gasteiger partial charge in [-0.15, -0.1) is 0 Å². The Labute approximate surface area is 101 Å². The molecule has 0 spiro atoms. The van der Waals surface area contributed by atoms with Crippen LogP contribution in [-0.2, 0) is 14.4 Å². The predicted octanol–water partition coefficient (Wildman–Crippen LogP) is 0.847. The summed E-state index contributed by atoms with van der Waals surface area (Å²) in [4.78, 5) is 28.4. The first-order valence-corrected chi connectivity index (χ1v) is 6.48. The Balaban J connectivity index is 1.61. The topological polar surface area (TPSA) is 58.6 Å². The van der Waals surface area contributed by atoms with Crippen molar-refractivity contribution in [3.63, 3.8) is 0 Å². The van der Waals surface area contributed by atoms with Gasteiger partial charge >= 0.3 is 0 Å². The average molecular weight is 240 g/mol. The number of carbonyl (C=O) groups is 2. The molecule has 5 heteroatoms. The van der Waals surface area contributed by atoms with Crippen LogP contribution in [0.15, 0.2) is 0 Å². The molecule has 2 amide bonds. The Morgan fingerprint density at radius 1 is 1.24 bits per heavy atom. The first-order chi connectivity index (χ1) is 8.27. The lowest BCUT2D eigenvalue weighted by Gasteiger charge is -2.14. The molecule has 0 bridgehead atoms. The van der Waals surface area contributed by atoms with Gasteiger partial charge in [0.1, 0.15) is 0 Å². The van der Waals surface area contributed by atoms with E-state index in [0.29, 0.717) is 26.1 Å². The number of rotatable bonds is 4. The van der Waals surface area contributed by atoms with Crippen molar-refractivity contribution in [1.82, 2.24) is 10.4 Å². The van der Waals surface area contributed by atoms with Gasteiger partial charge in [0, 0.05) is 18.9 Å². The minimum Gasteiger partial charge on any atom is -0.355 e. The van der Waals surface area contributed by atoms with Gasteiger partial charge in [0.15, 0.2) is 0 Å². The molecule has 1 saturated carbocycles. The van der Waals surface area contributed by atoms with Crippen molar-refractivity contribution >= 4 is 11.8 Å². The normalized spacial score (nSPS) is 20.8. The molecule has 1 saturated heterocycles. The van der Waals surface area contributed by atoms with Crippen LogP contribution >= 0.6 is 0 Å². The summed E-state index contributed by atoms with van der Waals surface area (Å²) in [6, 6.07) is 0. The molecular weight excluding hydrogens is 220 g/mol. The van der Waals surface area contributed by atoms with Crippen molar-refractivity contribution in [2.45, 2.75) is 38.5 Å². The van der Waals surface area contributed by atoms with Gasteiger partial charge in [-0.2, -0.15) is 0 Å². The number of hydrogen-bond donors (Lipinski definition) is 1. The lowest BCUT2D eigenvalue weighted by Crippen LogP contribution is -2.34. The van der Waals surface area contributed by atoms with Crippen LogP contribution in [-0.4, -0.2) is 36.6 Å². The Kier molecular flexibility index (Phi) is 4.36. The highest BCUT2D eigenvalue weighted by Crippen LogP contribution is 2.24. The van der Waals surface area contributed by atoms with Crippen LogP contribution in [0.5, 0.6) is 0 Å². The summed E-state index contributed by atoms with van der Waals surface area (Å²) < 4.78 is 0. The molecule has 2 aliphatic rings. The van der Waals surface area contributed by atoms with Crippen LogP contribution in [0.4, 0.5) is 0 Å². The third-order valence-electron chi connectivity index (χ3n) is 3.39. The van der Waals surface area contributed by atoms with E-state index in [4.69, 9.17) is 4.84 Å². The molecule has 0 atom stereocenters. The number of hydrogen-bond acceptors (Lipinski definition) is 3. The van der Waals surface area contributed by atoms with Crippen molar-refractivity contribution in [3.05, 3.63) is 0 Å². The number of nitrogens with zero attached hydrogens (tertiary/aromatic N) is 1. The summed E-state index contributed by atoms with van der Waals surface area (Å²) in [5, 5.41) is 4.24. The van der Waals surface area contributed by atoms with Crippen molar-refractivity contribution < 1.29 is 14.4 Å². The van der Waals surface area contributed by atoms with Crippen molar-refractivity contribution in [1.29, 1.82) is 0 Å². The minimum atomic E-state index is -0.0331. The average Bonchev–Trinajstić information content (AvgIpc) is 3.02. The molecule has 5 nitrogen and oxygen atoms in total. The lowest BCUT2D eigenvalue weighted by atomic mass is 10.1. The maximum Gasteiger partial charge on any atom is 0.247 e. The summed E-state index contributed by atoms with van der Waals surface area (Å²) >= 11 is 0. The van der Waals surface area contributed by atoms with Gasteiger partial charge in [-0.05, 0) is 19.3 Å². The van der Waals surface area contributed by atoms with Gasteiger partial charge in [0.2, 0.25) is 11.8 Å². The molecule has 1 heterocycles. The molecule has 1 aliphatic heterocycles. The number of hydroxylamine groups is 2. The van der Waals surface area contributed by atoms with E-state index >= 15 is 0 Å². The van der Waals surface area contributed by atoms with Crippen LogP contribution in [0.1, 0.15) is 38.5 Å². The SMILES string of the molecule is O=C(NCCC(=O)N1CCCO1)C1CCCC1. The second kappa shape index (κ2) is 6.00. The van der Waals surface area contributed by atoms with Gasteiger partial charge < -0.3 is 5.32 Å². The zero-order valence-corrected chi connectivity index (χ0v) is 10.1. The summed E-state index contributed by atoms with van der Waals surface area (Å²) in [6.07, 6.45) is 5.53. The van der Waals surface area contributed by atoms with E-state index in [1.54, 1.807) is 0 Å². The Morgan fingerprint density at radius 2 is 2.00 bits per heavy atom. The molecule has 17 heavy (non-hydrogen) atoms. The lowest BCUT2D eigenvalue weighted by molar-refractivity contribution is -0.168. The smallest absolute Gasteiger partial charge is 0.247 e. The molecule has 0 aromatic heterocycles. The monoisotopic (exact) mass is 240 g/mol. The molecule has 2 rings (SSSR count). The van der Waals surface area contributed by atoms with E-state index in [1.165, 1.54) is 5.06 Å². The summed E-state index contributed by atoms with van der Waals surface area (Å²) in [5.41, 5.74) is 0. The third-order valence-corrected chi connectivity index (χ3v) is 3.39. The van der Waals surface area contributed by atoms with Crippen molar-refractivity contribution in [3.8, 4) is 0 Å². The highest BCUT2D eigenvalue weighted by Gasteiger charge is 2.23. The first-order valence-electron chi connectivity index (χ1n) is 6.48. The molecule has 1 aliphatic carbocycles. The fraction of sp³-hybridized carbons (Fsp3) is 0.833. The van der Waals surface area contributed by atoms with E-state index in [1.807, 2.05) is 0 Å². The fourth-order valence-corrected chi connectivity index (χ4v) is 2.39. The van der Waals surface area contributed by atoms with Crippen molar-refractivity contribution in [2.75, 3.05) is 19.7 Å². The Bertz CT molecular complexity index is 253. The zero-order valence-electron chi connectivity index (χ0n) is 10.1. The summed E-state index contributed by atoms with van der Waals surface area (Å²) in [5.74, 6) is 0.250. The van der Waals surface area contributed by atoms with Crippen molar-refractivity contribution in [2.24, 2.45) is 5.92 Å². The van der Waals surface area contributed by atoms with E-state index in [2.05, 4.69) is 5.32 Å². The van der Waals surface area contributed by atoms with Crippen LogP contribution < -0.4 is 5.32 Å². The zero-order chi connectivity index (χ0) is 12.1.